The number of rotatable bonds is 2. The molecule has 0 amide bonds. The number of hydrogen-bond donors (Lipinski definition) is 2. The first kappa shape index (κ1) is 8.93. The average molecular weight is 182 g/mol. The minimum absolute atomic E-state index is 0.0974. The van der Waals surface area contributed by atoms with Crippen molar-refractivity contribution in [2.45, 2.75) is 4.90 Å². The highest BCUT2D eigenvalue weighted by atomic mass is 32.2. The number of thioether (sulfide) groups is 1. The van der Waals surface area contributed by atoms with Crippen molar-refractivity contribution in [3.63, 3.8) is 0 Å². The second-order valence-corrected chi connectivity index (χ2v) is 3.26. The maximum absolute atomic E-state index is 7.04. The molecule has 0 fully saturated rings. The largest absolute Gasteiger partial charge is 0.497 e. The van der Waals surface area contributed by atoms with Gasteiger partial charge in [-0.15, -0.1) is 0 Å². The molecule has 0 bridgehead atoms. The van der Waals surface area contributed by atoms with E-state index < -0.39 is 0 Å². The van der Waals surface area contributed by atoms with Gasteiger partial charge in [-0.1, -0.05) is 11.8 Å². The predicted octanol–water partition coefficient (Wildman–Crippen LogP) is 1.68. The van der Waals surface area contributed by atoms with Crippen LogP contribution < -0.4 is 10.5 Å². The van der Waals surface area contributed by atoms with Gasteiger partial charge in [0.25, 0.3) is 0 Å². The molecule has 0 radical (unpaired) electrons. The van der Waals surface area contributed by atoms with Gasteiger partial charge in [0.15, 0.2) is 5.17 Å². The normalized spacial score (nSPS) is 9.42. The van der Waals surface area contributed by atoms with E-state index in [9.17, 15) is 0 Å². The molecule has 0 spiro atoms. The zero-order chi connectivity index (χ0) is 8.97. The fourth-order valence-corrected chi connectivity index (χ4v) is 1.30. The molecule has 0 unspecified atom stereocenters. The number of nitrogens with one attached hydrogen (secondary N) is 1. The predicted molar refractivity (Wildman–Crippen MR) is 50.8 cm³/mol. The van der Waals surface area contributed by atoms with E-state index in [0.29, 0.717) is 0 Å². The van der Waals surface area contributed by atoms with Crippen LogP contribution in [0.4, 0.5) is 0 Å². The number of methoxy groups -OCH3 is 1. The topological polar surface area (TPSA) is 59.1 Å². The summed E-state index contributed by atoms with van der Waals surface area (Å²) >= 11 is 1.22. The summed E-state index contributed by atoms with van der Waals surface area (Å²) in [5, 5.41) is 7.14. The molecule has 64 valence electrons. The van der Waals surface area contributed by atoms with Crippen LogP contribution >= 0.6 is 11.8 Å². The fourth-order valence-electron chi connectivity index (χ4n) is 0.771. The second kappa shape index (κ2) is 4.01. The van der Waals surface area contributed by atoms with Gasteiger partial charge in [0.05, 0.1) is 7.11 Å². The van der Waals surface area contributed by atoms with Crippen molar-refractivity contribution in [3.8, 4) is 5.75 Å². The first-order valence-corrected chi connectivity index (χ1v) is 4.20. The highest BCUT2D eigenvalue weighted by Crippen LogP contribution is 2.20. The molecule has 0 aliphatic heterocycles. The Balaban J connectivity index is 2.71. The Morgan fingerprint density at radius 3 is 2.42 bits per heavy atom. The van der Waals surface area contributed by atoms with E-state index >= 15 is 0 Å². The molecule has 0 aliphatic rings. The smallest absolute Gasteiger partial charge is 0.155 e. The minimum Gasteiger partial charge on any atom is -0.497 e. The monoisotopic (exact) mass is 182 g/mol. The SMILES string of the molecule is COc1ccc(SC(=N)N)cc1. The second-order valence-electron chi connectivity index (χ2n) is 2.14. The minimum atomic E-state index is 0.0974. The Morgan fingerprint density at radius 1 is 1.42 bits per heavy atom. The Morgan fingerprint density at radius 2 is 2.00 bits per heavy atom. The zero-order valence-electron chi connectivity index (χ0n) is 6.70. The summed E-state index contributed by atoms with van der Waals surface area (Å²) < 4.78 is 4.98. The lowest BCUT2D eigenvalue weighted by atomic mass is 10.3. The number of hydrogen-bond acceptors (Lipinski definition) is 3. The molecule has 0 heterocycles. The molecule has 0 saturated heterocycles. The van der Waals surface area contributed by atoms with Gasteiger partial charge in [-0.25, -0.2) is 0 Å². The standard InChI is InChI=1S/C8H10N2OS/c1-11-6-2-4-7(5-3-6)12-8(9)10/h2-5H,1H3,(H3,9,10). The molecular weight excluding hydrogens is 172 g/mol. The molecule has 1 aromatic carbocycles. The first-order valence-electron chi connectivity index (χ1n) is 3.38. The van der Waals surface area contributed by atoms with Gasteiger partial charge in [0.2, 0.25) is 0 Å². The molecule has 3 nitrogen and oxygen atoms in total. The summed E-state index contributed by atoms with van der Waals surface area (Å²) in [6, 6.07) is 7.41. The fraction of sp³-hybridized carbons (Fsp3) is 0.125. The molecule has 3 N–H and O–H groups in total. The molecule has 1 aromatic rings. The molecule has 0 saturated carbocycles. The van der Waals surface area contributed by atoms with E-state index in [-0.39, 0.29) is 5.17 Å². The lowest BCUT2D eigenvalue weighted by Gasteiger charge is -2.00. The highest BCUT2D eigenvalue weighted by molar-refractivity contribution is 8.13. The van der Waals surface area contributed by atoms with Crippen molar-refractivity contribution < 1.29 is 4.74 Å². The Kier molecular flexibility index (Phi) is 2.99. The Bertz CT molecular complexity index is 271. The van der Waals surface area contributed by atoms with Crippen molar-refractivity contribution in [2.24, 2.45) is 5.73 Å². The van der Waals surface area contributed by atoms with Crippen LogP contribution in [0.2, 0.25) is 0 Å². The summed E-state index contributed by atoms with van der Waals surface area (Å²) in [6.45, 7) is 0. The van der Waals surface area contributed by atoms with Gasteiger partial charge in [0, 0.05) is 4.90 Å². The lowest BCUT2D eigenvalue weighted by Crippen LogP contribution is -2.02. The van der Waals surface area contributed by atoms with Crippen molar-refractivity contribution in [1.29, 1.82) is 5.41 Å². The lowest BCUT2D eigenvalue weighted by molar-refractivity contribution is 0.414. The number of ether oxygens (including phenoxy) is 1. The van der Waals surface area contributed by atoms with E-state index in [1.807, 2.05) is 24.3 Å². The van der Waals surface area contributed by atoms with Crippen molar-refractivity contribution >= 4 is 16.9 Å². The number of benzene rings is 1. The molecule has 0 atom stereocenters. The number of amidine groups is 1. The van der Waals surface area contributed by atoms with Gasteiger partial charge in [-0.3, -0.25) is 5.41 Å². The van der Waals surface area contributed by atoms with Crippen LogP contribution in [-0.2, 0) is 0 Å². The maximum Gasteiger partial charge on any atom is 0.155 e. The van der Waals surface area contributed by atoms with Crippen LogP contribution in [0.5, 0.6) is 5.75 Å². The van der Waals surface area contributed by atoms with Crippen LogP contribution in [0, 0.1) is 5.41 Å². The average Bonchev–Trinajstić information content (AvgIpc) is 2.05. The van der Waals surface area contributed by atoms with Crippen LogP contribution in [0.1, 0.15) is 0 Å². The van der Waals surface area contributed by atoms with Gasteiger partial charge in [-0.05, 0) is 24.3 Å². The molecule has 1 rings (SSSR count). The Labute approximate surface area is 75.4 Å². The van der Waals surface area contributed by atoms with Crippen LogP contribution in [0.25, 0.3) is 0 Å². The van der Waals surface area contributed by atoms with Crippen LogP contribution in [-0.4, -0.2) is 12.3 Å². The zero-order valence-corrected chi connectivity index (χ0v) is 7.52. The molecule has 0 aromatic heterocycles. The first-order chi connectivity index (χ1) is 5.72. The third-order valence-corrected chi connectivity index (χ3v) is 2.02. The van der Waals surface area contributed by atoms with E-state index in [1.54, 1.807) is 7.11 Å². The van der Waals surface area contributed by atoms with Gasteiger partial charge in [-0.2, -0.15) is 0 Å². The van der Waals surface area contributed by atoms with Crippen LogP contribution in [0.15, 0.2) is 29.2 Å². The van der Waals surface area contributed by atoms with Crippen LogP contribution in [0.3, 0.4) is 0 Å². The molecule has 4 heteroatoms. The quantitative estimate of drug-likeness (QED) is 0.415. The summed E-state index contributed by atoms with van der Waals surface area (Å²) in [4.78, 5) is 0.948. The Hall–Kier alpha value is -1.16. The van der Waals surface area contributed by atoms with Crippen molar-refractivity contribution in [3.05, 3.63) is 24.3 Å². The molecule has 0 aliphatic carbocycles. The third-order valence-electron chi connectivity index (χ3n) is 1.29. The van der Waals surface area contributed by atoms with Crippen molar-refractivity contribution in [2.75, 3.05) is 7.11 Å². The van der Waals surface area contributed by atoms with E-state index in [1.165, 1.54) is 11.8 Å². The van der Waals surface area contributed by atoms with E-state index in [0.717, 1.165) is 10.6 Å². The summed E-state index contributed by atoms with van der Waals surface area (Å²) in [5.74, 6) is 0.808. The van der Waals surface area contributed by atoms with E-state index in [2.05, 4.69) is 0 Å². The van der Waals surface area contributed by atoms with Crippen molar-refractivity contribution in [1.82, 2.24) is 0 Å². The summed E-state index contributed by atoms with van der Waals surface area (Å²) in [5.41, 5.74) is 5.21. The maximum atomic E-state index is 7.04. The summed E-state index contributed by atoms with van der Waals surface area (Å²) in [6.07, 6.45) is 0. The molecular formula is C8H10N2OS. The summed E-state index contributed by atoms with van der Waals surface area (Å²) in [7, 11) is 1.62. The van der Waals surface area contributed by atoms with E-state index in [4.69, 9.17) is 15.9 Å². The molecule has 12 heavy (non-hydrogen) atoms. The highest BCUT2D eigenvalue weighted by Gasteiger charge is 1.95. The van der Waals surface area contributed by atoms with Gasteiger partial charge < -0.3 is 10.5 Å². The van der Waals surface area contributed by atoms with Gasteiger partial charge in [0.1, 0.15) is 5.75 Å². The number of nitrogens with two attached hydrogens (primary N) is 1. The van der Waals surface area contributed by atoms with Gasteiger partial charge >= 0.3 is 0 Å². The third kappa shape index (κ3) is 2.47.